The normalized spacial score (nSPS) is 25.0. The molecule has 1 fully saturated rings. The summed E-state index contributed by atoms with van der Waals surface area (Å²) in [6.07, 6.45) is -2.02. The van der Waals surface area contributed by atoms with E-state index >= 15 is 0 Å². The number of Topliss-reactive ketones (excluding diaryl/α,β-unsaturated/α-hetero) is 1. The van der Waals surface area contributed by atoms with E-state index in [0.717, 1.165) is 6.07 Å². The van der Waals surface area contributed by atoms with E-state index in [1.165, 1.54) is 4.90 Å². The Kier molecular flexibility index (Phi) is 4.36. The number of ketones is 1. The number of halogens is 4. The summed E-state index contributed by atoms with van der Waals surface area (Å²) in [6, 6.07) is 2.18. The number of allylic oxidation sites excluding steroid dienone is 1. The summed E-state index contributed by atoms with van der Waals surface area (Å²) in [4.78, 5) is 26.3. The number of hydrogen-bond acceptors (Lipinski definition) is 3. The van der Waals surface area contributed by atoms with Crippen LogP contribution in [0.2, 0.25) is 0 Å². The van der Waals surface area contributed by atoms with E-state index in [4.69, 9.17) is 5.73 Å². The first kappa shape index (κ1) is 19.4. The van der Waals surface area contributed by atoms with Crippen molar-refractivity contribution in [2.75, 3.05) is 13.1 Å². The van der Waals surface area contributed by atoms with E-state index in [2.05, 4.69) is 0 Å². The lowest BCUT2D eigenvalue weighted by atomic mass is 9.65. The molecule has 146 valence electrons. The van der Waals surface area contributed by atoms with Gasteiger partial charge in [0.1, 0.15) is 5.82 Å². The van der Waals surface area contributed by atoms with Crippen LogP contribution >= 0.6 is 0 Å². The lowest BCUT2D eigenvalue weighted by molar-refractivity contribution is -0.140. The van der Waals surface area contributed by atoms with Crippen LogP contribution in [0.5, 0.6) is 0 Å². The minimum absolute atomic E-state index is 0.136. The Balaban J connectivity index is 1.83. The molecule has 2 aliphatic rings. The van der Waals surface area contributed by atoms with Gasteiger partial charge in [-0.05, 0) is 37.1 Å². The molecule has 0 unspecified atom stereocenters. The number of carbonyl (C=O) groups excluding carboxylic acids is 2. The number of nitrogens with zero attached hydrogens (tertiary/aromatic N) is 1. The molecule has 1 aromatic carbocycles. The van der Waals surface area contributed by atoms with Gasteiger partial charge in [-0.2, -0.15) is 13.2 Å². The van der Waals surface area contributed by atoms with Crippen molar-refractivity contribution in [2.45, 2.75) is 32.9 Å². The van der Waals surface area contributed by atoms with Gasteiger partial charge in [0.15, 0.2) is 5.78 Å². The molecule has 0 bridgehead atoms. The molecule has 1 aliphatic heterocycles. The summed E-state index contributed by atoms with van der Waals surface area (Å²) in [7, 11) is 0. The molecule has 3 rings (SSSR count). The van der Waals surface area contributed by atoms with E-state index in [9.17, 15) is 27.2 Å². The molecule has 1 heterocycles. The fourth-order valence-electron chi connectivity index (χ4n) is 4.19. The largest absolute Gasteiger partial charge is 0.419 e. The van der Waals surface area contributed by atoms with Crippen LogP contribution in [0.4, 0.5) is 17.6 Å². The van der Waals surface area contributed by atoms with Crippen molar-refractivity contribution in [3.05, 3.63) is 46.9 Å². The standard InChI is InChI=1S/C19H20F4N2O2/c1-17(2)9-18(8-14(24)15(17)26)5-6-25(10-18)16(27)11-3-4-12(13(20)7-11)19(21,22)23/h3-4,7-8H,5-6,9-10,24H2,1-2H3/t18-/m0/s1. The summed E-state index contributed by atoms with van der Waals surface area (Å²) in [5, 5.41) is 0. The first-order chi connectivity index (χ1) is 12.3. The average molecular weight is 384 g/mol. The second-order valence-electron chi connectivity index (χ2n) is 8.02. The Morgan fingerprint density at radius 2 is 1.93 bits per heavy atom. The van der Waals surface area contributed by atoms with Gasteiger partial charge in [-0.15, -0.1) is 0 Å². The molecule has 27 heavy (non-hydrogen) atoms. The predicted molar refractivity (Wildman–Crippen MR) is 90.0 cm³/mol. The van der Waals surface area contributed by atoms with Gasteiger partial charge in [-0.25, -0.2) is 4.39 Å². The molecule has 0 aromatic heterocycles. The summed E-state index contributed by atoms with van der Waals surface area (Å²) in [5.41, 5.74) is 3.39. The number of benzene rings is 1. The highest BCUT2D eigenvalue weighted by Gasteiger charge is 2.48. The van der Waals surface area contributed by atoms with E-state index in [1.54, 1.807) is 19.9 Å². The summed E-state index contributed by atoms with van der Waals surface area (Å²) in [6.45, 7) is 4.24. The molecule has 1 spiro atoms. The van der Waals surface area contributed by atoms with Crippen molar-refractivity contribution in [1.29, 1.82) is 0 Å². The van der Waals surface area contributed by atoms with Crippen molar-refractivity contribution in [1.82, 2.24) is 4.90 Å². The molecule has 0 radical (unpaired) electrons. The summed E-state index contributed by atoms with van der Waals surface area (Å²) in [5.74, 6) is -2.15. The average Bonchev–Trinajstić information content (AvgIpc) is 2.93. The Hall–Kier alpha value is -2.38. The van der Waals surface area contributed by atoms with Crippen molar-refractivity contribution < 1.29 is 27.2 Å². The maximum atomic E-state index is 13.8. The molecule has 4 nitrogen and oxygen atoms in total. The Morgan fingerprint density at radius 3 is 2.48 bits per heavy atom. The highest BCUT2D eigenvalue weighted by Crippen LogP contribution is 2.47. The fourth-order valence-corrected chi connectivity index (χ4v) is 4.19. The molecule has 2 N–H and O–H groups in total. The number of amides is 1. The molecule has 1 aliphatic carbocycles. The third-order valence-electron chi connectivity index (χ3n) is 5.33. The maximum Gasteiger partial charge on any atom is 0.419 e. The monoisotopic (exact) mass is 384 g/mol. The van der Waals surface area contributed by atoms with Crippen LogP contribution < -0.4 is 5.73 Å². The van der Waals surface area contributed by atoms with Crippen LogP contribution in [0.15, 0.2) is 30.0 Å². The maximum absolute atomic E-state index is 13.8. The quantitative estimate of drug-likeness (QED) is 0.754. The topological polar surface area (TPSA) is 63.4 Å². The third kappa shape index (κ3) is 3.44. The van der Waals surface area contributed by atoms with Crippen LogP contribution in [0.3, 0.4) is 0 Å². The Labute approximate surface area is 154 Å². The molecular formula is C19H20F4N2O2. The second-order valence-corrected chi connectivity index (χ2v) is 8.02. The number of carbonyl (C=O) groups is 2. The highest BCUT2D eigenvalue weighted by atomic mass is 19.4. The molecular weight excluding hydrogens is 364 g/mol. The minimum Gasteiger partial charge on any atom is -0.396 e. The van der Waals surface area contributed by atoms with E-state index in [-0.39, 0.29) is 23.6 Å². The fraction of sp³-hybridized carbons (Fsp3) is 0.474. The molecule has 1 amide bonds. The van der Waals surface area contributed by atoms with Crippen molar-refractivity contribution in [3.8, 4) is 0 Å². The van der Waals surface area contributed by atoms with E-state index < -0.39 is 34.3 Å². The zero-order valence-electron chi connectivity index (χ0n) is 15.0. The van der Waals surface area contributed by atoms with Crippen molar-refractivity contribution in [2.24, 2.45) is 16.6 Å². The van der Waals surface area contributed by atoms with Crippen LogP contribution in [-0.4, -0.2) is 29.7 Å². The third-order valence-corrected chi connectivity index (χ3v) is 5.33. The van der Waals surface area contributed by atoms with Crippen LogP contribution in [0.25, 0.3) is 0 Å². The predicted octanol–water partition coefficient (Wildman–Crippen LogP) is 3.52. The molecule has 0 saturated carbocycles. The van der Waals surface area contributed by atoms with Crippen LogP contribution in [0.1, 0.15) is 42.6 Å². The molecule has 8 heteroatoms. The number of likely N-dealkylation sites (tertiary alicyclic amines) is 1. The van der Waals surface area contributed by atoms with Gasteiger partial charge in [0, 0.05) is 29.5 Å². The first-order valence-corrected chi connectivity index (χ1v) is 8.54. The smallest absolute Gasteiger partial charge is 0.396 e. The number of rotatable bonds is 1. The summed E-state index contributed by atoms with van der Waals surface area (Å²) < 4.78 is 51.8. The van der Waals surface area contributed by atoms with Gasteiger partial charge < -0.3 is 10.6 Å². The SMILES string of the molecule is CC1(C)C[C@@]2(C=C(N)C1=O)CCN(C(=O)c1ccc(C(F)(F)F)c(F)c1)C2. The van der Waals surface area contributed by atoms with Gasteiger partial charge in [0.25, 0.3) is 5.91 Å². The lowest BCUT2D eigenvalue weighted by Crippen LogP contribution is -2.42. The number of nitrogens with two attached hydrogens (primary N) is 1. The van der Waals surface area contributed by atoms with Gasteiger partial charge in [-0.1, -0.05) is 13.8 Å². The van der Waals surface area contributed by atoms with Crippen LogP contribution in [-0.2, 0) is 11.0 Å². The van der Waals surface area contributed by atoms with E-state index in [1.807, 2.05) is 0 Å². The number of hydrogen-bond donors (Lipinski definition) is 1. The Bertz CT molecular complexity index is 845. The molecule has 1 saturated heterocycles. The van der Waals surface area contributed by atoms with E-state index in [0.29, 0.717) is 31.5 Å². The minimum atomic E-state index is -4.81. The van der Waals surface area contributed by atoms with Gasteiger partial charge in [0.2, 0.25) is 0 Å². The van der Waals surface area contributed by atoms with Crippen molar-refractivity contribution >= 4 is 11.7 Å². The Morgan fingerprint density at radius 1 is 1.26 bits per heavy atom. The van der Waals surface area contributed by atoms with Gasteiger partial charge >= 0.3 is 6.18 Å². The number of alkyl halides is 3. The van der Waals surface area contributed by atoms with Crippen LogP contribution in [0, 0.1) is 16.6 Å². The zero-order chi connectivity index (χ0) is 20.2. The first-order valence-electron chi connectivity index (χ1n) is 8.54. The molecule has 1 atom stereocenters. The van der Waals surface area contributed by atoms with Gasteiger partial charge in [-0.3, -0.25) is 9.59 Å². The lowest BCUT2D eigenvalue weighted by Gasteiger charge is -2.39. The molecule has 1 aromatic rings. The van der Waals surface area contributed by atoms with Gasteiger partial charge in [0.05, 0.1) is 11.3 Å². The second kappa shape index (κ2) is 6.07. The summed E-state index contributed by atoms with van der Waals surface area (Å²) >= 11 is 0. The zero-order valence-corrected chi connectivity index (χ0v) is 15.0. The highest BCUT2D eigenvalue weighted by molar-refractivity contribution is 6.00. The van der Waals surface area contributed by atoms with Crippen molar-refractivity contribution in [3.63, 3.8) is 0 Å².